The number of β-amino-alcohol motifs (C(OH)–C–C–N with tert-alkyl or cyclic N) is 1. The van der Waals surface area contributed by atoms with E-state index in [-0.39, 0.29) is 0 Å². The monoisotopic (exact) mass is 294 g/mol. The fraction of sp³-hybridized carbons (Fsp3) is 0.882. The Kier molecular flexibility index (Phi) is 6.50. The van der Waals surface area contributed by atoms with Crippen molar-refractivity contribution in [2.24, 2.45) is 0 Å². The number of piperazine rings is 1. The van der Waals surface area contributed by atoms with Crippen molar-refractivity contribution >= 4 is 0 Å². The summed E-state index contributed by atoms with van der Waals surface area (Å²) in [6.45, 7) is 8.62. The van der Waals surface area contributed by atoms with Crippen LogP contribution in [0.25, 0.3) is 0 Å². The molecule has 21 heavy (non-hydrogen) atoms. The molecule has 0 amide bonds. The second-order valence-corrected chi connectivity index (χ2v) is 6.40. The zero-order valence-corrected chi connectivity index (χ0v) is 13.4. The van der Waals surface area contributed by atoms with E-state index in [0.29, 0.717) is 13.2 Å². The topological polar surface area (TPSA) is 35.9 Å². The van der Waals surface area contributed by atoms with Crippen molar-refractivity contribution in [2.45, 2.75) is 50.7 Å². The second kappa shape index (κ2) is 8.14. The maximum absolute atomic E-state index is 10.2. The molecule has 0 radical (unpaired) electrons. The number of hydrogen-bond donors (Lipinski definition) is 1. The van der Waals surface area contributed by atoms with Crippen LogP contribution in [0.15, 0.2) is 0 Å². The van der Waals surface area contributed by atoms with Gasteiger partial charge in [0.1, 0.15) is 5.60 Å². The molecule has 1 heterocycles. The van der Waals surface area contributed by atoms with Gasteiger partial charge in [-0.2, -0.15) is 0 Å². The smallest absolute Gasteiger partial charge is 0.128 e. The summed E-state index contributed by atoms with van der Waals surface area (Å²) in [5.74, 6) is 2.84. The first-order valence-electron chi connectivity index (χ1n) is 8.42. The van der Waals surface area contributed by atoms with E-state index in [2.05, 4.69) is 22.6 Å². The maximum atomic E-state index is 10.2. The van der Waals surface area contributed by atoms with Crippen LogP contribution in [0, 0.1) is 12.3 Å². The fourth-order valence-electron chi connectivity index (χ4n) is 3.35. The average Bonchev–Trinajstić information content (AvgIpc) is 2.54. The average molecular weight is 294 g/mol. The van der Waals surface area contributed by atoms with Crippen LogP contribution >= 0.6 is 0 Å². The first-order chi connectivity index (χ1) is 10.2. The van der Waals surface area contributed by atoms with Crippen LogP contribution < -0.4 is 0 Å². The molecule has 4 heteroatoms. The lowest BCUT2D eigenvalue weighted by atomic mass is 9.85. The van der Waals surface area contributed by atoms with Crippen LogP contribution in [-0.4, -0.2) is 72.5 Å². The van der Waals surface area contributed by atoms with Gasteiger partial charge in [0.15, 0.2) is 0 Å². The quantitative estimate of drug-likeness (QED) is 0.750. The highest BCUT2D eigenvalue weighted by Crippen LogP contribution is 2.31. The standard InChI is InChI=1S/C17H30N2O2/c1-3-17(8-6-5-7-9-17)21-15-16(20)14-19-12-10-18(4-2)11-13-19/h1,16,20H,4-15H2,2H3/t16-/m0/s1. The highest BCUT2D eigenvalue weighted by molar-refractivity contribution is 5.09. The molecule has 2 rings (SSSR count). The Morgan fingerprint density at radius 3 is 2.33 bits per heavy atom. The minimum absolute atomic E-state index is 0.359. The molecule has 1 atom stereocenters. The van der Waals surface area contributed by atoms with Gasteiger partial charge < -0.3 is 14.7 Å². The number of terminal acetylenes is 1. The molecule has 0 unspecified atom stereocenters. The van der Waals surface area contributed by atoms with E-state index in [4.69, 9.17) is 11.2 Å². The largest absolute Gasteiger partial charge is 0.389 e. The normalized spacial score (nSPS) is 25.4. The van der Waals surface area contributed by atoms with Crippen molar-refractivity contribution < 1.29 is 9.84 Å². The van der Waals surface area contributed by atoms with Gasteiger partial charge >= 0.3 is 0 Å². The molecule has 2 fully saturated rings. The fourth-order valence-corrected chi connectivity index (χ4v) is 3.35. The van der Waals surface area contributed by atoms with Crippen LogP contribution in [0.3, 0.4) is 0 Å². The third kappa shape index (κ3) is 4.96. The van der Waals surface area contributed by atoms with Gasteiger partial charge in [-0.05, 0) is 32.2 Å². The molecule has 0 bridgehead atoms. The van der Waals surface area contributed by atoms with Crippen molar-refractivity contribution in [3.8, 4) is 12.3 Å². The third-order valence-corrected chi connectivity index (χ3v) is 4.86. The lowest BCUT2D eigenvalue weighted by molar-refractivity contribution is -0.0714. The van der Waals surface area contributed by atoms with E-state index in [1.54, 1.807) is 0 Å². The number of rotatable bonds is 6. The summed E-state index contributed by atoms with van der Waals surface area (Å²) >= 11 is 0. The third-order valence-electron chi connectivity index (χ3n) is 4.86. The van der Waals surface area contributed by atoms with Crippen molar-refractivity contribution in [3.05, 3.63) is 0 Å². The summed E-state index contributed by atoms with van der Waals surface area (Å²) in [6, 6.07) is 0. The molecule has 2 aliphatic rings. The summed E-state index contributed by atoms with van der Waals surface area (Å²) in [5, 5.41) is 10.2. The number of ether oxygens (including phenoxy) is 1. The molecular weight excluding hydrogens is 264 g/mol. The van der Waals surface area contributed by atoms with E-state index >= 15 is 0 Å². The van der Waals surface area contributed by atoms with Gasteiger partial charge in [-0.3, -0.25) is 4.90 Å². The first-order valence-corrected chi connectivity index (χ1v) is 8.42. The van der Waals surface area contributed by atoms with Crippen molar-refractivity contribution in [1.82, 2.24) is 9.80 Å². The minimum Gasteiger partial charge on any atom is -0.389 e. The number of nitrogens with zero attached hydrogens (tertiary/aromatic N) is 2. The Balaban J connectivity index is 1.70. The molecular formula is C17H30N2O2. The molecule has 0 aromatic rings. The van der Waals surface area contributed by atoms with Crippen LogP contribution in [0.2, 0.25) is 0 Å². The summed E-state index contributed by atoms with van der Waals surface area (Å²) in [4.78, 5) is 4.76. The Morgan fingerprint density at radius 1 is 1.14 bits per heavy atom. The minimum atomic E-state index is -0.440. The molecule has 0 spiro atoms. The first kappa shape index (κ1) is 16.8. The van der Waals surface area contributed by atoms with Crippen LogP contribution in [0.4, 0.5) is 0 Å². The van der Waals surface area contributed by atoms with Gasteiger partial charge in [-0.1, -0.05) is 19.3 Å². The molecule has 0 aromatic heterocycles. The van der Waals surface area contributed by atoms with Crippen LogP contribution in [0.1, 0.15) is 39.0 Å². The summed E-state index contributed by atoms with van der Waals surface area (Å²) in [5.41, 5.74) is -0.417. The lowest BCUT2D eigenvalue weighted by Crippen LogP contribution is -2.49. The van der Waals surface area contributed by atoms with E-state index in [9.17, 15) is 5.11 Å². The Labute approximate surface area is 129 Å². The van der Waals surface area contributed by atoms with Crippen molar-refractivity contribution in [1.29, 1.82) is 0 Å². The number of hydrogen-bond acceptors (Lipinski definition) is 4. The Hall–Kier alpha value is -0.600. The molecule has 1 saturated carbocycles. The van der Waals surface area contributed by atoms with Gasteiger partial charge in [0.05, 0.1) is 12.7 Å². The summed E-state index contributed by atoms with van der Waals surface area (Å²) in [7, 11) is 0. The predicted molar refractivity (Wildman–Crippen MR) is 85.2 cm³/mol. The van der Waals surface area contributed by atoms with Gasteiger partial charge in [-0.25, -0.2) is 0 Å². The second-order valence-electron chi connectivity index (χ2n) is 6.40. The number of aliphatic hydroxyl groups excluding tert-OH is 1. The van der Waals surface area contributed by atoms with E-state index in [1.807, 2.05) is 0 Å². The molecule has 1 aliphatic heterocycles. The Bertz CT molecular complexity index is 339. The van der Waals surface area contributed by atoms with Crippen LogP contribution in [0.5, 0.6) is 0 Å². The van der Waals surface area contributed by atoms with Gasteiger partial charge in [0.2, 0.25) is 0 Å². The molecule has 1 saturated heterocycles. The van der Waals surface area contributed by atoms with Gasteiger partial charge in [0, 0.05) is 32.7 Å². The molecule has 1 N–H and O–H groups in total. The van der Waals surface area contributed by atoms with Gasteiger partial charge in [-0.15, -0.1) is 6.42 Å². The lowest BCUT2D eigenvalue weighted by Gasteiger charge is -2.36. The zero-order chi connectivity index (χ0) is 15.1. The maximum Gasteiger partial charge on any atom is 0.128 e. The van der Waals surface area contributed by atoms with E-state index < -0.39 is 11.7 Å². The van der Waals surface area contributed by atoms with Crippen LogP contribution in [-0.2, 0) is 4.74 Å². The SMILES string of the molecule is C#CC1(OC[C@@H](O)CN2CCN(CC)CC2)CCCCC1. The number of likely N-dealkylation sites (N-methyl/N-ethyl adjacent to an activating group) is 1. The summed E-state index contributed by atoms with van der Waals surface area (Å²) in [6.07, 6.45) is 10.6. The number of aliphatic hydroxyl groups is 1. The molecule has 4 nitrogen and oxygen atoms in total. The van der Waals surface area contributed by atoms with E-state index in [0.717, 1.165) is 58.4 Å². The van der Waals surface area contributed by atoms with Crippen molar-refractivity contribution in [3.63, 3.8) is 0 Å². The zero-order valence-electron chi connectivity index (χ0n) is 13.4. The highest BCUT2D eigenvalue weighted by Gasteiger charge is 2.31. The molecule has 0 aromatic carbocycles. The predicted octanol–water partition coefficient (Wildman–Crippen LogP) is 1.34. The van der Waals surface area contributed by atoms with E-state index in [1.165, 1.54) is 6.42 Å². The van der Waals surface area contributed by atoms with Gasteiger partial charge in [0.25, 0.3) is 0 Å². The molecule has 120 valence electrons. The summed E-state index contributed by atoms with van der Waals surface area (Å²) < 4.78 is 5.94. The Morgan fingerprint density at radius 2 is 1.76 bits per heavy atom. The van der Waals surface area contributed by atoms with Crippen molar-refractivity contribution in [2.75, 3.05) is 45.9 Å². The molecule has 1 aliphatic carbocycles. The highest BCUT2D eigenvalue weighted by atomic mass is 16.5.